The Kier molecular flexibility index (Phi) is 4.21. The van der Waals surface area contributed by atoms with Gasteiger partial charge in [0.1, 0.15) is 0 Å². The Labute approximate surface area is 61.8 Å². The number of hydrogen-bond donors (Lipinski definition) is 0. The van der Waals surface area contributed by atoms with Crippen molar-refractivity contribution >= 4 is 5.78 Å². The highest BCUT2D eigenvalue weighted by Crippen LogP contribution is 1.97. The van der Waals surface area contributed by atoms with E-state index in [1.165, 1.54) is 0 Å². The fraction of sp³-hybridized carbons (Fsp3) is 0.222. The zero-order valence-electron chi connectivity index (χ0n) is 6.42. The van der Waals surface area contributed by atoms with Gasteiger partial charge in [0, 0.05) is 5.57 Å². The Morgan fingerprint density at radius 2 is 2.10 bits per heavy atom. The van der Waals surface area contributed by atoms with Crippen molar-refractivity contribution in [2.45, 2.75) is 13.8 Å². The lowest BCUT2D eigenvalue weighted by Gasteiger charge is -1.90. The molecule has 1 heteroatoms. The van der Waals surface area contributed by atoms with Crippen molar-refractivity contribution < 1.29 is 4.79 Å². The van der Waals surface area contributed by atoms with E-state index in [9.17, 15) is 4.79 Å². The maximum atomic E-state index is 10.7. The van der Waals surface area contributed by atoms with Gasteiger partial charge in [0.25, 0.3) is 0 Å². The number of ketones is 1. The van der Waals surface area contributed by atoms with Crippen LogP contribution in [0.5, 0.6) is 0 Å². The number of allylic oxidation sites excluding steroid dienone is 5. The summed E-state index contributed by atoms with van der Waals surface area (Å²) in [5.74, 6) is 0.0839. The van der Waals surface area contributed by atoms with Crippen LogP contribution >= 0.6 is 0 Å². The van der Waals surface area contributed by atoms with Gasteiger partial charge in [-0.15, -0.1) is 0 Å². The van der Waals surface area contributed by atoms with Gasteiger partial charge >= 0.3 is 0 Å². The molecule has 0 saturated carbocycles. The van der Waals surface area contributed by atoms with Gasteiger partial charge in [-0.05, 0) is 13.8 Å². The second-order valence-corrected chi connectivity index (χ2v) is 1.90. The third kappa shape index (κ3) is 3.02. The lowest BCUT2D eigenvalue weighted by Crippen LogP contribution is -1.91. The van der Waals surface area contributed by atoms with Crippen LogP contribution in [0.4, 0.5) is 0 Å². The maximum Gasteiger partial charge on any atom is 0.159 e. The van der Waals surface area contributed by atoms with Crippen LogP contribution in [0.25, 0.3) is 0 Å². The summed E-state index contributed by atoms with van der Waals surface area (Å²) in [6.07, 6.45) is 6.92. The van der Waals surface area contributed by atoms with Crippen LogP contribution in [0.3, 0.4) is 0 Å². The first kappa shape index (κ1) is 8.89. The molecule has 0 atom stereocenters. The van der Waals surface area contributed by atoms with E-state index in [4.69, 9.17) is 0 Å². The van der Waals surface area contributed by atoms with E-state index in [1.54, 1.807) is 31.2 Å². The van der Waals surface area contributed by atoms with Crippen molar-refractivity contribution in [1.29, 1.82) is 0 Å². The molecule has 0 bridgehead atoms. The van der Waals surface area contributed by atoms with Crippen molar-refractivity contribution in [1.82, 2.24) is 0 Å². The average Bonchev–Trinajstić information content (AvgIpc) is 1.89. The molecule has 0 heterocycles. The van der Waals surface area contributed by atoms with E-state index in [0.717, 1.165) is 5.57 Å². The molecule has 0 aliphatic carbocycles. The van der Waals surface area contributed by atoms with Gasteiger partial charge in [-0.3, -0.25) is 4.79 Å². The van der Waals surface area contributed by atoms with Crippen molar-refractivity contribution in [3.8, 4) is 0 Å². The molecule has 0 radical (unpaired) electrons. The fourth-order valence-electron chi connectivity index (χ4n) is 0.589. The van der Waals surface area contributed by atoms with Gasteiger partial charge in [-0.25, -0.2) is 0 Å². The number of hydrogen-bond acceptors (Lipinski definition) is 1. The van der Waals surface area contributed by atoms with Gasteiger partial charge in [-0.2, -0.15) is 0 Å². The van der Waals surface area contributed by atoms with E-state index in [0.29, 0.717) is 0 Å². The lowest BCUT2D eigenvalue weighted by atomic mass is 10.1. The number of carbonyl (C=O) groups is 1. The summed E-state index contributed by atoms with van der Waals surface area (Å²) in [5, 5.41) is 0. The van der Waals surface area contributed by atoms with E-state index < -0.39 is 0 Å². The Morgan fingerprint density at radius 1 is 1.50 bits per heavy atom. The molecule has 0 rings (SSSR count). The molecule has 0 aliphatic rings. The van der Waals surface area contributed by atoms with Crippen molar-refractivity contribution in [2.75, 3.05) is 0 Å². The topological polar surface area (TPSA) is 17.1 Å². The Bertz CT molecular complexity index is 185. The molecule has 0 aliphatic heterocycles. The summed E-state index contributed by atoms with van der Waals surface area (Å²) in [5.41, 5.74) is 0.722. The largest absolute Gasteiger partial charge is 0.295 e. The second-order valence-electron chi connectivity index (χ2n) is 1.90. The Hall–Kier alpha value is -1.11. The molecule has 0 aromatic carbocycles. The molecule has 0 aromatic rings. The van der Waals surface area contributed by atoms with E-state index >= 15 is 0 Å². The quantitative estimate of drug-likeness (QED) is 0.429. The molecule has 0 aromatic heterocycles. The van der Waals surface area contributed by atoms with Crippen molar-refractivity contribution in [3.05, 3.63) is 36.5 Å². The molecular weight excluding hydrogens is 124 g/mol. The highest BCUT2D eigenvalue weighted by atomic mass is 16.1. The van der Waals surface area contributed by atoms with E-state index in [1.807, 2.05) is 6.92 Å². The maximum absolute atomic E-state index is 10.7. The summed E-state index contributed by atoms with van der Waals surface area (Å²) in [6, 6.07) is 0. The first-order valence-corrected chi connectivity index (χ1v) is 3.18. The fourth-order valence-corrected chi connectivity index (χ4v) is 0.589. The molecule has 0 amide bonds. The monoisotopic (exact) mass is 136 g/mol. The Morgan fingerprint density at radius 3 is 2.40 bits per heavy atom. The lowest BCUT2D eigenvalue weighted by molar-refractivity contribution is -0.113. The molecule has 1 nitrogen and oxygen atoms in total. The Balaban J connectivity index is 4.25. The van der Waals surface area contributed by atoms with Crippen molar-refractivity contribution in [3.63, 3.8) is 0 Å². The van der Waals surface area contributed by atoms with Gasteiger partial charge < -0.3 is 0 Å². The van der Waals surface area contributed by atoms with Crippen LogP contribution in [0.1, 0.15) is 13.8 Å². The normalized spacial score (nSPS) is 12.0. The second kappa shape index (κ2) is 4.74. The minimum Gasteiger partial charge on any atom is -0.295 e. The smallest absolute Gasteiger partial charge is 0.159 e. The summed E-state index contributed by atoms with van der Waals surface area (Å²) in [6.45, 7) is 6.88. The first-order valence-electron chi connectivity index (χ1n) is 3.18. The molecule has 10 heavy (non-hydrogen) atoms. The van der Waals surface area contributed by atoms with Crippen LogP contribution in [-0.2, 0) is 4.79 Å². The van der Waals surface area contributed by atoms with Crippen LogP contribution in [-0.4, -0.2) is 5.78 Å². The molecule has 0 N–H and O–H groups in total. The van der Waals surface area contributed by atoms with Gasteiger partial charge in [-0.1, -0.05) is 30.9 Å². The predicted molar refractivity (Wildman–Crippen MR) is 43.8 cm³/mol. The highest BCUT2D eigenvalue weighted by Gasteiger charge is 1.93. The van der Waals surface area contributed by atoms with Crippen LogP contribution in [0, 0.1) is 0 Å². The number of rotatable bonds is 3. The SMILES string of the molecule is C=C/C=C\C(=C/C)C(C)=O. The minimum atomic E-state index is 0.0839. The molecule has 0 unspecified atom stereocenters. The highest BCUT2D eigenvalue weighted by molar-refractivity contribution is 5.95. The van der Waals surface area contributed by atoms with Crippen molar-refractivity contribution in [2.24, 2.45) is 0 Å². The van der Waals surface area contributed by atoms with Crippen LogP contribution < -0.4 is 0 Å². The van der Waals surface area contributed by atoms with E-state index in [2.05, 4.69) is 6.58 Å². The first-order chi connectivity index (χ1) is 4.72. The predicted octanol–water partition coefficient (Wildman–Crippen LogP) is 2.26. The zero-order chi connectivity index (χ0) is 7.98. The van der Waals surface area contributed by atoms with Gasteiger partial charge in [0.2, 0.25) is 0 Å². The third-order valence-electron chi connectivity index (χ3n) is 1.13. The number of Topliss-reactive ketones (excluding diaryl/α,β-unsaturated/α-hetero) is 1. The molecule has 0 saturated heterocycles. The summed E-state index contributed by atoms with van der Waals surface area (Å²) >= 11 is 0. The summed E-state index contributed by atoms with van der Waals surface area (Å²) in [4.78, 5) is 10.7. The standard InChI is InChI=1S/C9H12O/c1-4-6-7-9(5-2)8(3)10/h4-7H,1H2,2-3H3/b7-6-,9-5+. The van der Waals surface area contributed by atoms with Crippen LogP contribution in [0.2, 0.25) is 0 Å². The molecule has 0 fully saturated rings. The zero-order valence-corrected chi connectivity index (χ0v) is 6.42. The van der Waals surface area contributed by atoms with Crippen LogP contribution in [0.15, 0.2) is 36.5 Å². The summed E-state index contributed by atoms with van der Waals surface area (Å²) < 4.78 is 0. The summed E-state index contributed by atoms with van der Waals surface area (Å²) in [7, 11) is 0. The molecular formula is C9H12O. The van der Waals surface area contributed by atoms with E-state index in [-0.39, 0.29) is 5.78 Å². The van der Waals surface area contributed by atoms with Gasteiger partial charge in [0.15, 0.2) is 5.78 Å². The average molecular weight is 136 g/mol. The molecule has 0 spiro atoms. The number of carbonyl (C=O) groups excluding carboxylic acids is 1. The minimum absolute atomic E-state index is 0.0839. The molecule has 54 valence electrons. The third-order valence-corrected chi connectivity index (χ3v) is 1.13. The van der Waals surface area contributed by atoms with Gasteiger partial charge in [0.05, 0.1) is 0 Å².